The molecule has 1 aliphatic rings. The predicted molar refractivity (Wildman–Crippen MR) is 94.1 cm³/mol. The Hall–Kier alpha value is -1.93. The first kappa shape index (κ1) is 17.4. The number of nitro groups is 1. The first-order valence-corrected chi connectivity index (χ1v) is 8.06. The van der Waals surface area contributed by atoms with Crippen LogP contribution in [0.5, 0.6) is 5.75 Å². The maximum Gasteiger partial charge on any atom is 0.273 e. The highest BCUT2D eigenvalue weighted by atomic mass is 32.1. The fourth-order valence-electron chi connectivity index (χ4n) is 2.63. The molecule has 1 saturated heterocycles. The predicted octanol–water partition coefficient (Wildman–Crippen LogP) is 2.37. The van der Waals surface area contributed by atoms with Gasteiger partial charge in [0.25, 0.3) is 5.69 Å². The molecule has 1 aromatic rings. The van der Waals surface area contributed by atoms with Gasteiger partial charge in [0.1, 0.15) is 5.75 Å². The van der Waals surface area contributed by atoms with E-state index in [1.54, 1.807) is 6.07 Å². The van der Waals surface area contributed by atoms with Crippen molar-refractivity contribution in [1.82, 2.24) is 10.2 Å². The quantitative estimate of drug-likeness (QED) is 0.485. The average molecular weight is 338 g/mol. The Bertz CT molecular complexity index is 574. The van der Waals surface area contributed by atoms with Crippen LogP contribution in [0.3, 0.4) is 0 Å². The third kappa shape index (κ3) is 4.77. The highest BCUT2D eigenvalue weighted by Crippen LogP contribution is 2.29. The number of rotatable bonds is 5. The van der Waals surface area contributed by atoms with Crippen LogP contribution in [0.25, 0.3) is 0 Å². The molecular formula is C15H22N4O3S. The van der Waals surface area contributed by atoms with Gasteiger partial charge in [0.2, 0.25) is 0 Å². The Morgan fingerprint density at radius 3 is 2.74 bits per heavy atom. The van der Waals surface area contributed by atoms with Crippen LogP contribution < -0.4 is 15.4 Å². The molecule has 0 spiro atoms. The summed E-state index contributed by atoms with van der Waals surface area (Å²) in [6.45, 7) is 5.38. The number of hydrogen-bond acceptors (Lipinski definition) is 5. The number of benzene rings is 1. The van der Waals surface area contributed by atoms with Gasteiger partial charge in [-0.05, 0) is 37.7 Å². The number of thiocarbonyl (C=S) groups is 1. The van der Waals surface area contributed by atoms with Crippen molar-refractivity contribution in [2.75, 3.05) is 32.1 Å². The minimum absolute atomic E-state index is 0.0155. The molecule has 1 fully saturated rings. The Morgan fingerprint density at radius 2 is 2.17 bits per heavy atom. The van der Waals surface area contributed by atoms with Gasteiger partial charge in [-0.3, -0.25) is 10.1 Å². The van der Waals surface area contributed by atoms with E-state index in [4.69, 9.17) is 17.0 Å². The van der Waals surface area contributed by atoms with Crippen molar-refractivity contribution in [2.24, 2.45) is 0 Å². The maximum absolute atomic E-state index is 10.8. The zero-order valence-corrected chi connectivity index (χ0v) is 14.2. The third-order valence-corrected chi connectivity index (χ3v) is 4.23. The van der Waals surface area contributed by atoms with Crippen LogP contribution in [0.2, 0.25) is 0 Å². The number of ether oxygens (including phenoxy) is 1. The summed E-state index contributed by atoms with van der Waals surface area (Å²) in [4.78, 5) is 12.8. The molecule has 2 N–H and O–H groups in total. The Kier molecular flexibility index (Phi) is 6.12. The molecule has 0 saturated carbocycles. The first-order valence-electron chi connectivity index (χ1n) is 7.65. The van der Waals surface area contributed by atoms with Gasteiger partial charge in [-0.25, -0.2) is 0 Å². The van der Waals surface area contributed by atoms with Gasteiger partial charge in [0.15, 0.2) is 5.11 Å². The SMILES string of the molecule is CCN1CCC(NC(=S)Nc2ccc([N+](=O)[O-])cc2OC)CC1. The normalized spacial score (nSPS) is 15.9. The van der Waals surface area contributed by atoms with Crippen LogP contribution in [0.1, 0.15) is 19.8 Å². The molecule has 0 radical (unpaired) electrons. The second kappa shape index (κ2) is 8.07. The molecule has 0 unspecified atom stereocenters. The standard InChI is InChI=1S/C15H22N4O3S/c1-3-18-8-6-11(7-9-18)16-15(23)17-13-5-4-12(19(20)21)10-14(13)22-2/h4-5,10-11H,3,6-9H2,1-2H3,(H2,16,17,23). The van der Waals surface area contributed by atoms with Crippen LogP contribution in [-0.4, -0.2) is 47.7 Å². The molecule has 8 heteroatoms. The molecule has 0 bridgehead atoms. The van der Waals surface area contributed by atoms with Gasteiger partial charge in [-0.1, -0.05) is 6.92 Å². The third-order valence-electron chi connectivity index (χ3n) is 4.01. The van der Waals surface area contributed by atoms with Crippen molar-refractivity contribution in [2.45, 2.75) is 25.8 Å². The van der Waals surface area contributed by atoms with E-state index < -0.39 is 4.92 Å². The van der Waals surface area contributed by atoms with E-state index >= 15 is 0 Å². The Labute approximate surface area is 141 Å². The number of non-ortho nitro benzene ring substituents is 1. The fraction of sp³-hybridized carbons (Fsp3) is 0.533. The highest BCUT2D eigenvalue weighted by molar-refractivity contribution is 7.80. The second-order valence-electron chi connectivity index (χ2n) is 5.45. The van der Waals surface area contributed by atoms with E-state index in [0.717, 1.165) is 32.5 Å². The lowest BCUT2D eigenvalue weighted by atomic mass is 10.1. The van der Waals surface area contributed by atoms with Gasteiger partial charge in [-0.15, -0.1) is 0 Å². The van der Waals surface area contributed by atoms with E-state index in [1.165, 1.54) is 19.2 Å². The summed E-state index contributed by atoms with van der Waals surface area (Å²) in [5, 5.41) is 17.7. The van der Waals surface area contributed by atoms with Gasteiger partial charge in [0.05, 0.1) is 23.8 Å². The fourth-order valence-corrected chi connectivity index (χ4v) is 2.91. The lowest BCUT2D eigenvalue weighted by molar-refractivity contribution is -0.384. The van der Waals surface area contributed by atoms with E-state index in [2.05, 4.69) is 22.5 Å². The van der Waals surface area contributed by atoms with Crippen molar-refractivity contribution in [1.29, 1.82) is 0 Å². The highest BCUT2D eigenvalue weighted by Gasteiger charge is 2.19. The zero-order chi connectivity index (χ0) is 16.8. The smallest absolute Gasteiger partial charge is 0.273 e. The number of piperidine rings is 1. The van der Waals surface area contributed by atoms with Crippen LogP contribution in [0.15, 0.2) is 18.2 Å². The number of likely N-dealkylation sites (tertiary alicyclic amines) is 1. The number of methoxy groups -OCH3 is 1. The molecule has 2 rings (SSSR count). The monoisotopic (exact) mass is 338 g/mol. The molecule has 1 heterocycles. The first-order chi connectivity index (χ1) is 11.0. The van der Waals surface area contributed by atoms with E-state index in [-0.39, 0.29) is 5.69 Å². The minimum atomic E-state index is -0.454. The molecule has 1 aliphatic heterocycles. The van der Waals surface area contributed by atoms with Crippen LogP contribution in [0.4, 0.5) is 11.4 Å². The molecule has 7 nitrogen and oxygen atoms in total. The van der Waals surface area contributed by atoms with Crippen LogP contribution in [0, 0.1) is 10.1 Å². The van der Waals surface area contributed by atoms with E-state index in [0.29, 0.717) is 22.6 Å². The lowest BCUT2D eigenvalue weighted by Crippen LogP contribution is -2.45. The van der Waals surface area contributed by atoms with Crippen molar-refractivity contribution >= 4 is 28.7 Å². The Balaban J connectivity index is 1.94. The summed E-state index contributed by atoms with van der Waals surface area (Å²) in [5.41, 5.74) is 0.597. The summed E-state index contributed by atoms with van der Waals surface area (Å²) in [6, 6.07) is 4.75. The molecule has 0 amide bonds. The number of nitro benzene ring substituents is 1. The molecule has 1 aromatic carbocycles. The molecule has 0 aliphatic carbocycles. The van der Waals surface area contributed by atoms with Gasteiger partial charge < -0.3 is 20.3 Å². The maximum atomic E-state index is 10.8. The van der Waals surface area contributed by atoms with Crippen LogP contribution >= 0.6 is 12.2 Å². The van der Waals surface area contributed by atoms with Crippen LogP contribution in [-0.2, 0) is 0 Å². The molecular weight excluding hydrogens is 316 g/mol. The number of hydrogen-bond donors (Lipinski definition) is 2. The second-order valence-corrected chi connectivity index (χ2v) is 5.86. The van der Waals surface area contributed by atoms with Gasteiger partial charge >= 0.3 is 0 Å². The molecule has 126 valence electrons. The molecule has 0 aromatic heterocycles. The zero-order valence-electron chi connectivity index (χ0n) is 13.4. The topological polar surface area (TPSA) is 79.7 Å². The van der Waals surface area contributed by atoms with Gasteiger partial charge in [0, 0.05) is 25.2 Å². The van der Waals surface area contributed by atoms with Crippen molar-refractivity contribution < 1.29 is 9.66 Å². The minimum Gasteiger partial charge on any atom is -0.494 e. The van der Waals surface area contributed by atoms with Gasteiger partial charge in [-0.2, -0.15) is 0 Å². The molecule has 23 heavy (non-hydrogen) atoms. The van der Waals surface area contributed by atoms with E-state index in [1.807, 2.05) is 0 Å². The largest absolute Gasteiger partial charge is 0.494 e. The summed E-state index contributed by atoms with van der Waals surface area (Å²) >= 11 is 5.34. The number of nitrogens with zero attached hydrogens (tertiary/aromatic N) is 2. The molecule has 0 atom stereocenters. The van der Waals surface area contributed by atoms with Crippen molar-refractivity contribution in [3.8, 4) is 5.75 Å². The lowest BCUT2D eigenvalue weighted by Gasteiger charge is -2.32. The van der Waals surface area contributed by atoms with E-state index in [9.17, 15) is 10.1 Å². The summed E-state index contributed by atoms with van der Waals surface area (Å²) < 4.78 is 5.19. The summed E-state index contributed by atoms with van der Waals surface area (Å²) in [7, 11) is 1.47. The summed E-state index contributed by atoms with van der Waals surface area (Å²) in [6.07, 6.45) is 2.10. The van der Waals surface area contributed by atoms with Crippen molar-refractivity contribution in [3.63, 3.8) is 0 Å². The van der Waals surface area contributed by atoms with Crippen molar-refractivity contribution in [3.05, 3.63) is 28.3 Å². The summed E-state index contributed by atoms with van der Waals surface area (Å²) in [5.74, 6) is 0.393. The number of nitrogens with one attached hydrogen (secondary N) is 2. The number of anilines is 1. The average Bonchev–Trinajstić information content (AvgIpc) is 2.55. The Morgan fingerprint density at radius 1 is 1.48 bits per heavy atom.